The average molecular weight is 386 g/mol. The Balaban J connectivity index is 1.81. The molecule has 1 aromatic heterocycles. The number of carbonyl (C=O) groups excluding carboxylic acids is 2. The molecule has 7 nitrogen and oxygen atoms in total. The van der Waals surface area contributed by atoms with Gasteiger partial charge in [0.05, 0.1) is 12.7 Å². The summed E-state index contributed by atoms with van der Waals surface area (Å²) in [6, 6.07) is 8.88. The highest BCUT2D eigenvalue weighted by molar-refractivity contribution is 7.14. The number of benzene rings is 1. The molecule has 0 bridgehead atoms. The Labute approximate surface area is 160 Å². The number of esters is 1. The predicted molar refractivity (Wildman–Crippen MR) is 101 cm³/mol. The molecule has 0 atom stereocenters. The Kier molecular flexibility index (Phi) is 7.40. The van der Waals surface area contributed by atoms with Crippen molar-refractivity contribution in [3.8, 4) is 17.6 Å². The molecule has 0 saturated heterocycles. The Morgan fingerprint density at radius 3 is 2.81 bits per heavy atom. The van der Waals surface area contributed by atoms with Crippen LogP contribution in [0.15, 0.2) is 42.3 Å². The molecule has 8 heteroatoms. The van der Waals surface area contributed by atoms with Crippen molar-refractivity contribution in [1.29, 1.82) is 5.26 Å². The van der Waals surface area contributed by atoms with Crippen molar-refractivity contribution in [2.75, 3.05) is 25.6 Å². The van der Waals surface area contributed by atoms with Gasteiger partial charge < -0.3 is 19.5 Å². The molecule has 2 aromatic rings. The third kappa shape index (κ3) is 5.87. The SMILES string of the molecule is C=CCc1ccc(OCC(=O)OCC(=O)Nc2sccc2C#N)c(OC)c1. The van der Waals surface area contributed by atoms with Gasteiger partial charge in [-0.25, -0.2) is 4.79 Å². The molecule has 0 saturated carbocycles. The van der Waals surface area contributed by atoms with Crippen LogP contribution in [0.4, 0.5) is 5.00 Å². The lowest BCUT2D eigenvalue weighted by atomic mass is 10.1. The Hall–Kier alpha value is -3.31. The molecule has 0 aliphatic heterocycles. The summed E-state index contributed by atoms with van der Waals surface area (Å²) < 4.78 is 15.5. The minimum atomic E-state index is -0.700. The summed E-state index contributed by atoms with van der Waals surface area (Å²) in [7, 11) is 1.50. The van der Waals surface area contributed by atoms with Crippen LogP contribution >= 0.6 is 11.3 Å². The molecule has 0 unspecified atom stereocenters. The third-order valence-corrected chi connectivity index (χ3v) is 4.19. The van der Waals surface area contributed by atoms with E-state index in [-0.39, 0.29) is 6.61 Å². The van der Waals surface area contributed by atoms with Crippen LogP contribution in [-0.4, -0.2) is 32.2 Å². The second kappa shape index (κ2) is 9.99. The third-order valence-electron chi connectivity index (χ3n) is 3.36. The number of nitriles is 1. The number of nitrogens with zero attached hydrogens (tertiary/aromatic N) is 1. The van der Waals surface area contributed by atoms with Crippen LogP contribution in [0.1, 0.15) is 11.1 Å². The maximum absolute atomic E-state index is 11.8. The minimum Gasteiger partial charge on any atom is -0.493 e. The summed E-state index contributed by atoms with van der Waals surface area (Å²) >= 11 is 1.21. The topological polar surface area (TPSA) is 97.6 Å². The van der Waals surface area contributed by atoms with Gasteiger partial charge in [0.2, 0.25) is 0 Å². The van der Waals surface area contributed by atoms with Crippen LogP contribution in [0.25, 0.3) is 0 Å². The van der Waals surface area contributed by atoms with E-state index < -0.39 is 18.5 Å². The van der Waals surface area contributed by atoms with Crippen LogP contribution < -0.4 is 14.8 Å². The summed E-state index contributed by atoms with van der Waals surface area (Å²) in [5, 5.41) is 13.5. The fraction of sp³-hybridized carbons (Fsp3) is 0.211. The zero-order valence-corrected chi connectivity index (χ0v) is 15.5. The van der Waals surface area contributed by atoms with Crippen molar-refractivity contribution in [2.45, 2.75) is 6.42 Å². The highest BCUT2D eigenvalue weighted by atomic mass is 32.1. The molecular formula is C19H18N2O5S. The number of amides is 1. The molecular weight excluding hydrogens is 368 g/mol. The molecule has 0 aliphatic rings. The van der Waals surface area contributed by atoms with Crippen LogP contribution in [0, 0.1) is 11.3 Å². The number of carbonyl (C=O) groups is 2. The number of hydrogen-bond donors (Lipinski definition) is 1. The van der Waals surface area contributed by atoms with E-state index in [0.717, 1.165) is 5.56 Å². The van der Waals surface area contributed by atoms with Gasteiger partial charge in [-0.15, -0.1) is 17.9 Å². The molecule has 1 amide bonds. The smallest absolute Gasteiger partial charge is 0.344 e. The van der Waals surface area contributed by atoms with E-state index in [1.165, 1.54) is 18.4 Å². The van der Waals surface area contributed by atoms with Gasteiger partial charge in [0.1, 0.15) is 11.1 Å². The monoisotopic (exact) mass is 386 g/mol. The number of hydrogen-bond acceptors (Lipinski definition) is 7. The standard InChI is InChI=1S/C19H18N2O5S/c1-3-4-13-5-6-15(16(9-13)24-2)25-12-18(23)26-11-17(22)21-19-14(10-20)7-8-27-19/h3,5-9H,1,4,11-12H2,2H3,(H,21,22). The van der Waals surface area contributed by atoms with Crippen molar-refractivity contribution in [2.24, 2.45) is 0 Å². The van der Waals surface area contributed by atoms with Gasteiger partial charge in [0, 0.05) is 0 Å². The highest BCUT2D eigenvalue weighted by Crippen LogP contribution is 2.28. The molecule has 1 heterocycles. The summed E-state index contributed by atoms with van der Waals surface area (Å²) in [5.74, 6) is -0.353. The van der Waals surface area contributed by atoms with E-state index in [4.69, 9.17) is 19.5 Å². The number of allylic oxidation sites excluding steroid dienone is 1. The summed E-state index contributed by atoms with van der Waals surface area (Å²) in [6.45, 7) is 2.84. The molecule has 0 radical (unpaired) electrons. The molecule has 1 aromatic carbocycles. The molecule has 0 spiro atoms. The van der Waals surface area contributed by atoms with Crippen molar-refractivity contribution in [1.82, 2.24) is 0 Å². The zero-order valence-electron chi connectivity index (χ0n) is 14.7. The van der Waals surface area contributed by atoms with Gasteiger partial charge in [0.25, 0.3) is 5.91 Å². The van der Waals surface area contributed by atoms with Gasteiger partial charge >= 0.3 is 5.97 Å². The molecule has 27 heavy (non-hydrogen) atoms. The lowest BCUT2D eigenvalue weighted by Crippen LogP contribution is -2.23. The summed E-state index contributed by atoms with van der Waals surface area (Å²) in [4.78, 5) is 23.6. The first-order chi connectivity index (χ1) is 13.1. The van der Waals surface area contributed by atoms with E-state index in [0.29, 0.717) is 28.5 Å². The van der Waals surface area contributed by atoms with Crippen molar-refractivity contribution >= 4 is 28.2 Å². The lowest BCUT2D eigenvalue weighted by molar-refractivity contribution is -0.149. The fourth-order valence-corrected chi connectivity index (χ4v) is 2.86. The largest absolute Gasteiger partial charge is 0.493 e. The highest BCUT2D eigenvalue weighted by Gasteiger charge is 2.13. The zero-order chi connectivity index (χ0) is 19.6. The molecule has 0 aliphatic carbocycles. The first kappa shape index (κ1) is 20.0. The van der Waals surface area contributed by atoms with E-state index in [1.807, 2.05) is 12.1 Å². The number of rotatable bonds is 9. The Morgan fingerprint density at radius 2 is 2.11 bits per heavy atom. The van der Waals surface area contributed by atoms with E-state index in [9.17, 15) is 9.59 Å². The molecule has 0 fully saturated rings. The first-order valence-electron chi connectivity index (χ1n) is 7.91. The maximum atomic E-state index is 11.8. The van der Waals surface area contributed by atoms with Gasteiger partial charge in [-0.2, -0.15) is 5.26 Å². The van der Waals surface area contributed by atoms with Gasteiger partial charge in [-0.1, -0.05) is 12.1 Å². The number of nitrogens with one attached hydrogen (secondary N) is 1. The van der Waals surface area contributed by atoms with Crippen molar-refractivity contribution in [3.63, 3.8) is 0 Å². The number of thiophene rings is 1. The van der Waals surface area contributed by atoms with E-state index >= 15 is 0 Å². The maximum Gasteiger partial charge on any atom is 0.344 e. The second-order valence-corrected chi connectivity index (χ2v) is 6.17. The normalized spacial score (nSPS) is 9.78. The molecule has 140 valence electrons. The van der Waals surface area contributed by atoms with Gasteiger partial charge in [-0.3, -0.25) is 4.79 Å². The lowest BCUT2D eigenvalue weighted by Gasteiger charge is -2.11. The number of anilines is 1. The van der Waals surface area contributed by atoms with Gasteiger partial charge in [-0.05, 0) is 35.6 Å². The van der Waals surface area contributed by atoms with E-state index in [1.54, 1.807) is 29.7 Å². The molecule has 1 N–H and O–H groups in total. The second-order valence-electron chi connectivity index (χ2n) is 5.25. The van der Waals surface area contributed by atoms with Crippen LogP contribution in [0.5, 0.6) is 11.5 Å². The summed E-state index contributed by atoms with van der Waals surface area (Å²) in [5.41, 5.74) is 1.36. The summed E-state index contributed by atoms with van der Waals surface area (Å²) in [6.07, 6.45) is 2.46. The molecule has 2 rings (SSSR count). The Morgan fingerprint density at radius 1 is 1.30 bits per heavy atom. The fourth-order valence-electron chi connectivity index (χ4n) is 2.11. The first-order valence-corrected chi connectivity index (χ1v) is 8.79. The van der Waals surface area contributed by atoms with Gasteiger partial charge in [0.15, 0.2) is 24.7 Å². The van der Waals surface area contributed by atoms with Crippen molar-refractivity contribution in [3.05, 3.63) is 53.4 Å². The number of ether oxygens (including phenoxy) is 3. The predicted octanol–water partition coefficient (Wildman–Crippen LogP) is 2.92. The van der Waals surface area contributed by atoms with Crippen LogP contribution in [-0.2, 0) is 20.7 Å². The quantitative estimate of drug-likeness (QED) is 0.526. The average Bonchev–Trinajstić information content (AvgIpc) is 3.12. The Bertz CT molecular complexity index is 869. The van der Waals surface area contributed by atoms with Crippen molar-refractivity contribution < 1.29 is 23.8 Å². The van der Waals surface area contributed by atoms with E-state index in [2.05, 4.69) is 11.9 Å². The van der Waals surface area contributed by atoms with Crippen LogP contribution in [0.3, 0.4) is 0 Å². The number of methoxy groups -OCH3 is 1. The minimum absolute atomic E-state index is 0.356. The van der Waals surface area contributed by atoms with Crippen LogP contribution in [0.2, 0.25) is 0 Å².